The molecule has 1 aliphatic rings. The van der Waals surface area contributed by atoms with Crippen LogP contribution in [0.15, 0.2) is 22.7 Å². The number of nitrogens with two attached hydrogens (primary N) is 1. The highest BCUT2D eigenvalue weighted by Gasteiger charge is 2.22. The summed E-state index contributed by atoms with van der Waals surface area (Å²) in [6.45, 7) is 0. The zero-order valence-corrected chi connectivity index (χ0v) is 11.9. The van der Waals surface area contributed by atoms with Crippen molar-refractivity contribution in [3.8, 4) is 0 Å². The second kappa shape index (κ2) is 4.67. The van der Waals surface area contributed by atoms with Crippen LogP contribution >= 0.6 is 27.3 Å². The molecule has 0 unspecified atom stereocenters. The van der Waals surface area contributed by atoms with Gasteiger partial charge in [0.25, 0.3) is 0 Å². The van der Waals surface area contributed by atoms with Crippen molar-refractivity contribution >= 4 is 37.5 Å². The van der Waals surface area contributed by atoms with Crippen molar-refractivity contribution in [1.29, 1.82) is 0 Å². The van der Waals surface area contributed by atoms with E-state index in [-0.39, 0.29) is 0 Å². The Morgan fingerprint density at radius 3 is 2.76 bits per heavy atom. The molecular weight excluding hydrogens is 296 g/mol. The molecule has 17 heavy (non-hydrogen) atoms. The first-order valence-electron chi connectivity index (χ1n) is 6.04. The minimum absolute atomic E-state index is 0.412. The summed E-state index contributed by atoms with van der Waals surface area (Å²) in [5, 5.41) is 1.30. The summed E-state index contributed by atoms with van der Waals surface area (Å²) in [6, 6.07) is 6.72. The average Bonchev–Trinajstić information content (AvgIpc) is 2.72. The lowest BCUT2D eigenvalue weighted by atomic mass is 9.87. The van der Waals surface area contributed by atoms with Crippen molar-refractivity contribution in [2.24, 2.45) is 5.73 Å². The van der Waals surface area contributed by atoms with E-state index in [1.807, 2.05) is 11.3 Å². The molecule has 4 heteroatoms. The summed E-state index contributed by atoms with van der Waals surface area (Å²) < 4.78 is 2.41. The van der Waals surface area contributed by atoms with Crippen molar-refractivity contribution in [1.82, 2.24) is 4.98 Å². The van der Waals surface area contributed by atoms with Crippen LogP contribution in [0.5, 0.6) is 0 Å². The lowest BCUT2D eigenvalue weighted by Gasteiger charge is -2.24. The number of hydrogen-bond donors (Lipinski definition) is 1. The van der Waals surface area contributed by atoms with E-state index < -0.39 is 0 Å². The molecule has 0 atom stereocenters. The van der Waals surface area contributed by atoms with E-state index in [2.05, 4.69) is 34.1 Å². The maximum atomic E-state index is 5.95. The van der Waals surface area contributed by atoms with Crippen LogP contribution in [0, 0.1) is 0 Å². The van der Waals surface area contributed by atoms with Crippen LogP contribution in [0.2, 0.25) is 0 Å². The molecule has 1 saturated carbocycles. The van der Waals surface area contributed by atoms with Gasteiger partial charge in [0.15, 0.2) is 0 Å². The Bertz CT molecular complexity index is 529. The second-order valence-electron chi connectivity index (χ2n) is 4.78. The van der Waals surface area contributed by atoms with Crippen molar-refractivity contribution < 1.29 is 0 Å². The van der Waals surface area contributed by atoms with E-state index in [9.17, 15) is 0 Å². The monoisotopic (exact) mass is 310 g/mol. The summed E-state index contributed by atoms with van der Waals surface area (Å²) in [4.78, 5) is 4.76. The van der Waals surface area contributed by atoms with Crippen LogP contribution in [0.25, 0.3) is 10.2 Å². The molecule has 3 rings (SSSR count). The van der Waals surface area contributed by atoms with Gasteiger partial charge in [-0.05, 0) is 43.9 Å². The Morgan fingerprint density at radius 2 is 2.00 bits per heavy atom. The van der Waals surface area contributed by atoms with Crippen LogP contribution in [-0.4, -0.2) is 11.0 Å². The molecule has 0 bridgehead atoms. The summed E-state index contributed by atoms with van der Waals surface area (Å²) in [5.74, 6) is 0.631. The van der Waals surface area contributed by atoms with Gasteiger partial charge in [-0.2, -0.15) is 0 Å². The Balaban J connectivity index is 1.90. The van der Waals surface area contributed by atoms with E-state index in [0.29, 0.717) is 12.0 Å². The van der Waals surface area contributed by atoms with Gasteiger partial charge in [-0.3, -0.25) is 0 Å². The molecule has 90 valence electrons. The fourth-order valence-electron chi connectivity index (χ4n) is 2.46. The van der Waals surface area contributed by atoms with Gasteiger partial charge in [0, 0.05) is 16.4 Å². The quantitative estimate of drug-likeness (QED) is 0.863. The zero-order chi connectivity index (χ0) is 11.8. The fourth-order valence-corrected chi connectivity index (χ4v) is 4.15. The second-order valence-corrected chi connectivity index (χ2v) is 6.75. The molecule has 0 aliphatic heterocycles. The van der Waals surface area contributed by atoms with Crippen molar-refractivity contribution in [2.75, 3.05) is 0 Å². The van der Waals surface area contributed by atoms with E-state index in [1.54, 1.807) is 0 Å². The molecule has 1 heterocycles. The standard InChI is InChI=1S/C13H15BrN2S/c14-9-3-6-11-12(7-9)17-13(16-11)8-1-4-10(15)5-2-8/h3,6-8,10H,1-2,4-5,15H2. The van der Waals surface area contributed by atoms with E-state index in [4.69, 9.17) is 10.7 Å². The molecule has 2 aromatic rings. The van der Waals surface area contributed by atoms with Gasteiger partial charge in [0.2, 0.25) is 0 Å². The number of benzene rings is 1. The zero-order valence-electron chi connectivity index (χ0n) is 9.53. The van der Waals surface area contributed by atoms with Crippen molar-refractivity contribution in [2.45, 2.75) is 37.6 Å². The van der Waals surface area contributed by atoms with Crippen molar-refractivity contribution in [3.63, 3.8) is 0 Å². The van der Waals surface area contributed by atoms with E-state index in [1.165, 1.54) is 22.5 Å². The summed E-state index contributed by atoms with van der Waals surface area (Å²) in [6.07, 6.45) is 4.68. The highest BCUT2D eigenvalue weighted by molar-refractivity contribution is 9.10. The smallest absolute Gasteiger partial charge is 0.0969 e. The molecule has 0 saturated heterocycles. The molecule has 2 N–H and O–H groups in total. The van der Waals surface area contributed by atoms with E-state index >= 15 is 0 Å². The SMILES string of the molecule is NC1CCC(c2nc3ccc(Br)cc3s2)CC1. The van der Waals surface area contributed by atoms with Gasteiger partial charge < -0.3 is 5.73 Å². The number of rotatable bonds is 1. The topological polar surface area (TPSA) is 38.9 Å². The normalized spacial score (nSPS) is 25.3. The first kappa shape index (κ1) is 11.6. The van der Waals surface area contributed by atoms with Crippen LogP contribution in [0.3, 0.4) is 0 Å². The van der Waals surface area contributed by atoms with Gasteiger partial charge in [-0.1, -0.05) is 15.9 Å². The van der Waals surface area contributed by atoms with Gasteiger partial charge in [-0.25, -0.2) is 4.98 Å². The van der Waals surface area contributed by atoms with Gasteiger partial charge in [0.1, 0.15) is 0 Å². The van der Waals surface area contributed by atoms with Gasteiger partial charge in [-0.15, -0.1) is 11.3 Å². The molecule has 0 radical (unpaired) electrons. The average molecular weight is 311 g/mol. The maximum Gasteiger partial charge on any atom is 0.0969 e. The molecule has 1 aromatic heterocycles. The van der Waals surface area contributed by atoms with Gasteiger partial charge in [0.05, 0.1) is 15.2 Å². The highest BCUT2D eigenvalue weighted by Crippen LogP contribution is 2.37. The summed E-state index contributed by atoms with van der Waals surface area (Å²) in [5.41, 5.74) is 7.07. The first-order chi connectivity index (χ1) is 8.22. The maximum absolute atomic E-state index is 5.95. The minimum atomic E-state index is 0.412. The fraction of sp³-hybridized carbons (Fsp3) is 0.462. The van der Waals surface area contributed by atoms with E-state index in [0.717, 1.165) is 22.8 Å². The Morgan fingerprint density at radius 1 is 1.24 bits per heavy atom. The predicted octanol–water partition coefficient (Wildman–Crippen LogP) is 4.04. The number of aromatic nitrogens is 1. The van der Waals surface area contributed by atoms with Crippen molar-refractivity contribution in [3.05, 3.63) is 27.7 Å². The number of hydrogen-bond acceptors (Lipinski definition) is 3. The molecule has 1 aromatic carbocycles. The molecule has 1 fully saturated rings. The van der Waals surface area contributed by atoms with Crippen LogP contribution < -0.4 is 5.73 Å². The lowest BCUT2D eigenvalue weighted by Crippen LogP contribution is -2.25. The molecule has 0 spiro atoms. The number of fused-ring (bicyclic) bond motifs is 1. The highest BCUT2D eigenvalue weighted by atomic mass is 79.9. The van der Waals surface area contributed by atoms with Crippen LogP contribution in [-0.2, 0) is 0 Å². The number of halogens is 1. The lowest BCUT2D eigenvalue weighted by molar-refractivity contribution is 0.395. The van der Waals surface area contributed by atoms with Gasteiger partial charge >= 0.3 is 0 Å². The van der Waals surface area contributed by atoms with Crippen LogP contribution in [0.4, 0.5) is 0 Å². The molecular formula is C13H15BrN2S. The molecule has 1 aliphatic carbocycles. The third kappa shape index (κ3) is 2.39. The third-order valence-corrected chi connectivity index (χ3v) is 5.16. The Kier molecular flexibility index (Phi) is 3.19. The Hall–Kier alpha value is -0.450. The predicted molar refractivity (Wildman–Crippen MR) is 76.5 cm³/mol. The van der Waals surface area contributed by atoms with Crippen LogP contribution in [0.1, 0.15) is 36.6 Å². The number of thiazole rings is 1. The molecule has 0 amide bonds. The molecule has 2 nitrogen and oxygen atoms in total. The summed E-state index contributed by atoms with van der Waals surface area (Å²) in [7, 11) is 0. The third-order valence-electron chi connectivity index (χ3n) is 3.49. The largest absolute Gasteiger partial charge is 0.328 e. The minimum Gasteiger partial charge on any atom is -0.328 e. The Labute approximate surface area is 113 Å². The number of nitrogens with zero attached hydrogens (tertiary/aromatic N) is 1. The first-order valence-corrected chi connectivity index (χ1v) is 7.65. The summed E-state index contributed by atoms with van der Waals surface area (Å²) >= 11 is 5.35.